The molecule has 0 amide bonds. The number of benzene rings is 1. The molecule has 2 aromatic rings. The molecule has 1 aliphatic rings. The smallest absolute Gasteiger partial charge is 0.0662 e. The van der Waals surface area contributed by atoms with Gasteiger partial charge in [0, 0.05) is 22.1 Å². The molecule has 3 rings (SSSR count). The zero-order chi connectivity index (χ0) is 13.4. The second kappa shape index (κ2) is 5.35. The Morgan fingerprint density at radius 1 is 1.32 bits per heavy atom. The van der Waals surface area contributed by atoms with Crippen molar-refractivity contribution in [2.24, 2.45) is 0 Å². The molecule has 0 saturated heterocycles. The Morgan fingerprint density at radius 3 is 2.95 bits per heavy atom. The Bertz CT molecular complexity index is 604. The van der Waals surface area contributed by atoms with Crippen LogP contribution in [0.25, 0.3) is 10.9 Å². The Balaban J connectivity index is 2.23. The SMILES string of the molecule is CCNC1CCCCc2[nH]c3c(Cl)cc(Cl)cc3c21. The largest absolute Gasteiger partial charge is 0.357 e. The topological polar surface area (TPSA) is 27.8 Å². The predicted octanol–water partition coefficient (Wildman–Crippen LogP) is 4.85. The minimum atomic E-state index is 0.408. The van der Waals surface area contributed by atoms with Crippen molar-refractivity contribution in [2.45, 2.75) is 38.6 Å². The van der Waals surface area contributed by atoms with Crippen LogP contribution in [0.3, 0.4) is 0 Å². The molecular formula is C15H18Cl2N2. The molecule has 1 unspecified atom stereocenters. The molecule has 0 fully saturated rings. The molecular weight excluding hydrogens is 279 g/mol. The fraction of sp³-hybridized carbons (Fsp3) is 0.467. The highest BCUT2D eigenvalue weighted by molar-refractivity contribution is 6.38. The van der Waals surface area contributed by atoms with Gasteiger partial charge in [-0.2, -0.15) is 0 Å². The van der Waals surface area contributed by atoms with E-state index in [2.05, 4.69) is 17.2 Å². The molecule has 1 heterocycles. The maximum absolute atomic E-state index is 6.31. The first kappa shape index (κ1) is 13.3. The van der Waals surface area contributed by atoms with Crippen molar-refractivity contribution in [3.05, 3.63) is 33.4 Å². The zero-order valence-corrected chi connectivity index (χ0v) is 12.5. The lowest BCUT2D eigenvalue weighted by Gasteiger charge is -2.16. The minimum absolute atomic E-state index is 0.408. The first-order valence-electron chi connectivity index (χ1n) is 6.93. The van der Waals surface area contributed by atoms with Crippen molar-refractivity contribution in [1.82, 2.24) is 10.3 Å². The van der Waals surface area contributed by atoms with E-state index >= 15 is 0 Å². The van der Waals surface area contributed by atoms with Gasteiger partial charge in [-0.3, -0.25) is 0 Å². The summed E-state index contributed by atoms with van der Waals surface area (Å²) >= 11 is 12.5. The third kappa shape index (κ3) is 2.37. The van der Waals surface area contributed by atoms with E-state index in [0.717, 1.165) is 18.5 Å². The number of hydrogen-bond donors (Lipinski definition) is 2. The summed E-state index contributed by atoms with van der Waals surface area (Å²) in [6, 6.07) is 4.25. The molecule has 4 heteroatoms. The van der Waals surface area contributed by atoms with E-state index < -0.39 is 0 Å². The number of halogens is 2. The molecule has 0 bridgehead atoms. The van der Waals surface area contributed by atoms with Crippen LogP contribution in [0.5, 0.6) is 0 Å². The van der Waals surface area contributed by atoms with E-state index in [1.54, 1.807) is 0 Å². The number of fused-ring (bicyclic) bond motifs is 3. The summed E-state index contributed by atoms with van der Waals surface area (Å²) in [7, 11) is 0. The van der Waals surface area contributed by atoms with E-state index in [-0.39, 0.29) is 0 Å². The molecule has 0 aliphatic heterocycles. The van der Waals surface area contributed by atoms with Gasteiger partial charge in [-0.1, -0.05) is 36.5 Å². The summed E-state index contributed by atoms with van der Waals surface area (Å²) in [6.07, 6.45) is 4.76. The standard InChI is InChI=1S/C15H18Cl2N2/c1-2-18-12-5-3-4-6-13-14(12)10-7-9(16)8-11(17)15(10)19-13/h7-8,12,18-19H,2-6H2,1H3. The number of hydrogen-bond acceptors (Lipinski definition) is 1. The van der Waals surface area contributed by atoms with Crippen molar-refractivity contribution >= 4 is 34.1 Å². The van der Waals surface area contributed by atoms with Gasteiger partial charge in [-0.05, 0) is 43.5 Å². The minimum Gasteiger partial charge on any atom is -0.357 e. The van der Waals surface area contributed by atoms with Gasteiger partial charge in [0.15, 0.2) is 0 Å². The van der Waals surface area contributed by atoms with Crippen LogP contribution in [0.15, 0.2) is 12.1 Å². The van der Waals surface area contributed by atoms with Gasteiger partial charge < -0.3 is 10.3 Å². The van der Waals surface area contributed by atoms with Gasteiger partial charge in [0.2, 0.25) is 0 Å². The lowest BCUT2D eigenvalue weighted by atomic mass is 10.0. The molecule has 1 aliphatic carbocycles. The van der Waals surface area contributed by atoms with Crippen molar-refractivity contribution in [2.75, 3.05) is 6.54 Å². The van der Waals surface area contributed by atoms with Crippen molar-refractivity contribution < 1.29 is 0 Å². The van der Waals surface area contributed by atoms with Crippen LogP contribution >= 0.6 is 23.2 Å². The average Bonchev–Trinajstić information content (AvgIpc) is 2.60. The Kier molecular flexibility index (Phi) is 3.75. The number of aromatic nitrogens is 1. The van der Waals surface area contributed by atoms with Gasteiger partial charge in [0.1, 0.15) is 0 Å². The highest BCUT2D eigenvalue weighted by Crippen LogP contribution is 2.38. The summed E-state index contributed by atoms with van der Waals surface area (Å²) < 4.78 is 0. The van der Waals surface area contributed by atoms with Crippen LogP contribution in [0.4, 0.5) is 0 Å². The van der Waals surface area contributed by atoms with E-state index in [0.29, 0.717) is 16.1 Å². The lowest BCUT2D eigenvalue weighted by molar-refractivity contribution is 0.506. The van der Waals surface area contributed by atoms with Crippen LogP contribution in [0.2, 0.25) is 10.0 Å². The molecule has 2 nitrogen and oxygen atoms in total. The second-order valence-corrected chi connectivity index (χ2v) is 6.03. The van der Waals surface area contributed by atoms with Crippen molar-refractivity contribution in [1.29, 1.82) is 0 Å². The predicted molar refractivity (Wildman–Crippen MR) is 82.3 cm³/mol. The summed E-state index contributed by atoms with van der Waals surface area (Å²) in [4.78, 5) is 3.51. The lowest BCUT2D eigenvalue weighted by Crippen LogP contribution is -2.20. The summed E-state index contributed by atoms with van der Waals surface area (Å²) in [5.41, 5.74) is 3.72. The van der Waals surface area contributed by atoms with Gasteiger partial charge in [-0.25, -0.2) is 0 Å². The van der Waals surface area contributed by atoms with E-state index in [1.807, 2.05) is 12.1 Å². The number of aryl methyl sites for hydroxylation is 1. The average molecular weight is 297 g/mol. The number of nitrogens with one attached hydrogen (secondary N) is 2. The quantitative estimate of drug-likeness (QED) is 0.762. The Hall–Kier alpha value is -0.700. The van der Waals surface area contributed by atoms with Gasteiger partial charge in [-0.15, -0.1) is 0 Å². The Morgan fingerprint density at radius 2 is 2.16 bits per heavy atom. The maximum Gasteiger partial charge on any atom is 0.0662 e. The van der Waals surface area contributed by atoms with E-state index in [9.17, 15) is 0 Å². The molecule has 0 radical (unpaired) electrons. The molecule has 19 heavy (non-hydrogen) atoms. The highest BCUT2D eigenvalue weighted by atomic mass is 35.5. The first-order chi connectivity index (χ1) is 9.20. The van der Waals surface area contributed by atoms with Crippen LogP contribution in [-0.2, 0) is 6.42 Å². The molecule has 102 valence electrons. The molecule has 2 N–H and O–H groups in total. The summed E-state index contributed by atoms with van der Waals surface area (Å²) in [5.74, 6) is 0. The number of H-pyrrole nitrogens is 1. The second-order valence-electron chi connectivity index (χ2n) is 5.18. The third-order valence-corrected chi connectivity index (χ3v) is 4.43. The van der Waals surface area contributed by atoms with Crippen molar-refractivity contribution in [3.63, 3.8) is 0 Å². The summed E-state index contributed by atoms with van der Waals surface area (Å²) in [6.45, 7) is 3.13. The number of rotatable bonds is 2. The van der Waals surface area contributed by atoms with E-state index in [4.69, 9.17) is 23.2 Å². The molecule has 1 aromatic heterocycles. The maximum atomic E-state index is 6.31. The fourth-order valence-corrected chi connectivity index (χ4v) is 3.67. The van der Waals surface area contributed by atoms with Gasteiger partial charge in [0.25, 0.3) is 0 Å². The van der Waals surface area contributed by atoms with Crippen molar-refractivity contribution in [3.8, 4) is 0 Å². The molecule has 1 aromatic carbocycles. The van der Waals surface area contributed by atoms with Gasteiger partial charge in [0.05, 0.1) is 10.5 Å². The molecule has 1 atom stereocenters. The molecule has 0 saturated carbocycles. The van der Waals surface area contributed by atoms with E-state index in [1.165, 1.54) is 35.9 Å². The first-order valence-corrected chi connectivity index (χ1v) is 7.69. The molecule has 0 spiro atoms. The number of aromatic amines is 1. The van der Waals surface area contributed by atoms with Gasteiger partial charge >= 0.3 is 0 Å². The highest BCUT2D eigenvalue weighted by Gasteiger charge is 2.23. The summed E-state index contributed by atoms with van der Waals surface area (Å²) in [5, 5.41) is 6.19. The van der Waals surface area contributed by atoms with Crippen LogP contribution < -0.4 is 5.32 Å². The normalized spacial score (nSPS) is 19.4. The van der Waals surface area contributed by atoms with Crippen LogP contribution in [0, 0.1) is 0 Å². The Labute approximate surface area is 123 Å². The van der Waals surface area contributed by atoms with Crippen LogP contribution in [0.1, 0.15) is 43.5 Å². The monoisotopic (exact) mass is 296 g/mol. The third-order valence-electron chi connectivity index (χ3n) is 3.91. The van der Waals surface area contributed by atoms with Crippen LogP contribution in [-0.4, -0.2) is 11.5 Å². The zero-order valence-electron chi connectivity index (χ0n) is 11.0. The fourth-order valence-electron chi connectivity index (χ4n) is 3.13.